The van der Waals surface area contributed by atoms with Crippen LogP contribution < -0.4 is 12.3 Å². The Balaban J connectivity index is -0.0000000941. The highest BCUT2D eigenvalue weighted by molar-refractivity contribution is 5.91. The Morgan fingerprint density at radius 3 is 1.46 bits per heavy atom. The maximum absolute atomic E-state index is 9.87. The Kier molecular flexibility index (Phi) is 22.4. The van der Waals surface area contributed by atoms with Gasteiger partial charge in [0.15, 0.2) is 0 Å². The molecule has 0 aromatic carbocycles. The summed E-state index contributed by atoms with van der Waals surface area (Å²) in [5, 5.41) is 16.1. The van der Waals surface area contributed by atoms with Crippen LogP contribution in [0.5, 0.6) is 0 Å². The second kappa shape index (κ2) is 13.0. The third kappa shape index (κ3) is 17.9. The first kappa shape index (κ1) is 22.5. The summed E-state index contributed by atoms with van der Waals surface area (Å²) in [6, 6.07) is 0. The van der Waals surface area contributed by atoms with E-state index in [1.165, 1.54) is 0 Å². The fourth-order valence-corrected chi connectivity index (χ4v) is 0.258. The van der Waals surface area contributed by atoms with Gasteiger partial charge in [-0.15, -0.1) is 13.2 Å². The van der Waals surface area contributed by atoms with E-state index in [9.17, 15) is 9.59 Å². The minimum Gasteiger partial charge on any atom is -0.481 e. The van der Waals surface area contributed by atoms with Gasteiger partial charge in [-0.3, -0.25) is 4.79 Å². The molecule has 0 radical (unpaired) electrons. The molecule has 0 atom stereocenters. The molecule has 6 nitrogen and oxygen atoms in total. The Morgan fingerprint density at radius 2 is 1.38 bits per heavy atom. The highest BCUT2D eigenvalue weighted by atomic mass is 16.4. The highest BCUT2D eigenvalue weighted by Gasteiger charge is 2.07. The summed E-state index contributed by atoms with van der Waals surface area (Å²) in [7, 11) is 0. The molecule has 0 saturated heterocycles. The van der Waals surface area contributed by atoms with Crippen LogP contribution in [0.4, 0.5) is 0 Å². The molecule has 0 spiro atoms. The quantitative estimate of drug-likeness (QED) is 0.390. The first-order valence-corrected chi connectivity index (χ1v) is 2.67. The molecule has 0 aliphatic heterocycles. The van der Waals surface area contributed by atoms with E-state index >= 15 is 0 Å². The van der Waals surface area contributed by atoms with Gasteiger partial charge >= 0.3 is 11.9 Å². The third-order valence-corrected chi connectivity index (χ3v) is 0.667. The van der Waals surface area contributed by atoms with Crippen molar-refractivity contribution in [1.29, 1.82) is 0 Å². The van der Waals surface area contributed by atoms with E-state index < -0.39 is 18.4 Å². The van der Waals surface area contributed by atoms with E-state index in [-0.39, 0.29) is 17.9 Å². The molecule has 0 unspecified atom stereocenters. The highest BCUT2D eigenvalue weighted by Crippen LogP contribution is 1.95. The Hall–Kier alpha value is -1.66. The fourth-order valence-electron chi connectivity index (χ4n) is 0.258. The Labute approximate surface area is 76.7 Å². The average Bonchev–Trinajstić information content (AvgIpc) is 1.90. The molecule has 0 heterocycles. The van der Waals surface area contributed by atoms with Crippen molar-refractivity contribution in [3.05, 3.63) is 25.3 Å². The topological polar surface area (TPSA) is 145 Å². The van der Waals surface area contributed by atoms with Crippen molar-refractivity contribution in [2.24, 2.45) is 0 Å². The van der Waals surface area contributed by atoms with Crippen LogP contribution in [0, 0.1) is 0 Å². The first-order valence-electron chi connectivity index (χ1n) is 2.67. The molecule has 0 aliphatic carbocycles. The van der Waals surface area contributed by atoms with Crippen molar-refractivity contribution in [1.82, 2.24) is 12.3 Å². The van der Waals surface area contributed by atoms with E-state index in [0.717, 1.165) is 0 Å². The van der Waals surface area contributed by atoms with Crippen molar-refractivity contribution < 1.29 is 19.8 Å². The molecule has 13 heavy (non-hydrogen) atoms. The molecule has 0 fully saturated rings. The van der Waals surface area contributed by atoms with Crippen LogP contribution in [-0.4, -0.2) is 22.2 Å². The maximum atomic E-state index is 9.87. The first-order chi connectivity index (χ1) is 5.04. The molecular weight excluding hydrogens is 176 g/mol. The molecule has 0 amide bonds. The third-order valence-electron chi connectivity index (χ3n) is 0.667. The number of hydrogen-bond donors (Lipinski definition) is 4. The molecule has 0 aromatic rings. The van der Waals surface area contributed by atoms with Gasteiger partial charge in [-0.1, -0.05) is 6.58 Å². The monoisotopic (exact) mass is 192 g/mol. The van der Waals surface area contributed by atoms with Crippen LogP contribution in [0.25, 0.3) is 0 Å². The van der Waals surface area contributed by atoms with Crippen LogP contribution >= 0.6 is 0 Å². The molecular formula is C7H16N2O4. The fraction of sp³-hybridized carbons (Fsp3) is 0.143. The average molecular weight is 192 g/mol. The molecule has 0 aliphatic rings. The second-order valence-corrected chi connectivity index (χ2v) is 1.48. The van der Waals surface area contributed by atoms with Crippen molar-refractivity contribution in [3.63, 3.8) is 0 Å². The minimum absolute atomic E-state index is 0. The van der Waals surface area contributed by atoms with Crippen LogP contribution in [0.3, 0.4) is 0 Å². The lowest BCUT2D eigenvalue weighted by Crippen LogP contribution is -2.04. The van der Waals surface area contributed by atoms with Gasteiger partial charge in [-0.05, 0) is 0 Å². The largest absolute Gasteiger partial charge is 0.481 e. The van der Waals surface area contributed by atoms with Crippen LogP contribution in [-0.2, 0) is 9.59 Å². The minimum atomic E-state index is -1.27. The van der Waals surface area contributed by atoms with Crippen LogP contribution in [0.1, 0.15) is 6.42 Å². The van der Waals surface area contributed by atoms with Gasteiger partial charge in [0.2, 0.25) is 0 Å². The van der Waals surface area contributed by atoms with E-state index in [1.54, 1.807) is 0 Å². The Bertz CT molecular complexity index is 179. The number of carboxylic acid groups (broad SMARTS) is 2. The zero-order valence-electron chi connectivity index (χ0n) is 7.45. The Morgan fingerprint density at radius 1 is 1.08 bits per heavy atom. The predicted molar refractivity (Wildman–Crippen MR) is 50.3 cm³/mol. The standard InChI is InChI=1S/C5H6O4.C2H4.2H3N/c1-3(5(8)9)2-4(6)7;1-2;;/h1-2H2,(H,6,7)(H,8,9);1-2H2;2*1H3. The molecule has 0 bridgehead atoms. The van der Waals surface area contributed by atoms with Gasteiger partial charge in [0.1, 0.15) is 0 Å². The molecule has 0 aromatic heterocycles. The van der Waals surface area contributed by atoms with Crippen LogP contribution in [0.2, 0.25) is 0 Å². The molecule has 0 rings (SSSR count). The maximum Gasteiger partial charge on any atom is 0.331 e. The van der Waals surface area contributed by atoms with Gasteiger partial charge < -0.3 is 22.5 Å². The van der Waals surface area contributed by atoms with Gasteiger partial charge in [0, 0.05) is 5.57 Å². The smallest absolute Gasteiger partial charge is 0.331 e. The normalized spacial score (nSPS) is 6.15. The summed E-state index contributed by atoms with van der Waals surface area (Å²) in [5.74, 6) is -2.44. The summed E-state index contributed by atoms with van der Waals surface area (Å²) < 4.78 is 0. The number of carboxylic acids is 2. The summed E-state index contributed by atoms with van der Waals surface area (Å²) in [6.07, 6.45) is -0.505. The number of rotatable bonds is 3. The van der Waals surface area contributed by atoms with E-state index in [0.29, 0.717) is 0 Å². The summed E-state index contributed by atoms with van der Waals surface area (Å²) in [5.41, 5.74) is -0.303. The lowest BCUT2D eigenvalue weighted by atomic mass is 10.2. The molecule has 0 saturated carbocycles. The summed E-state index contributed by atoms with van der Waals surface area (Å²) in [4.78, 5) is 19.7. The van der Waals surface area contributed by atoms with Crippen LogP contribution in [0.15, 0.2) is 25.3 Å². The second-order valence-electron chi connectivity index (χ2n) is 1.48. The van der Waals surface area contributed by atoms with Gasteiger partial charge in [-0.25, -0.2) is 4.79 Å². The summed E-state index contributed by atoms with van der Waals surface area (Å²) in [6.45, 7) is 9.01. The van der Waals surface area contributed by atoms with Crippen molar-refractivity contribution in [3.8, 4) is 0 Å². The SMILES string of the molecule is C=C.C=C(CC(=O)O)C(=O)O.N.N. The lowest BCUT2D eigenvalue weighted by Gasteiger charge is -1.91. The summed E-state index contributed by atoms with van der Waals surface area (Å²) >= 11 is 0. The number of carbonyl (C=O) groups is 2. The van der Waals surface area contributed by atoms with Gasteiger partial charge in [0.05, 0.1) is 6.42 Å². The number of hydrogen-bond acceptors (Lipinski definition) is 4. The zero-order valence-corrected chi connectivity index (χ0v) is 7.45. The van der Waals surface area contributed by atoms with Crippen molar-refractivity contribution in [2.75, 3.05) is 0 Å². The molecule has 78 valence electrons. The lowest BCUT2D eigenvalue weighted by molar-refractivity contribution is -0.139. The molecule has 8 N–H and O–H groups in total. The van der Waals surface area contributed by atoms with Gasteiger partial charge in [0.25, 0.3) is 0 Å². The van der Waals surface area contributed by atoms with E-state index in [4.69, 9.17) is 10.2 Å². The van der Waals surface area contributed by atoms with Crippen molar-refractivity contribution >= 4 is 11.9 Å². The number of aliphatic carboxylic acids is 2. The zero-order chi connectivity index (χ0) is 9.44. The van der Waals surface area contributed by atoms with E-state index in [1.807, 2.05) is 0 Å². The van der Waals surface area contributed by atoms with Gasteiger partial charge in [-0.2, -0.15) is 0 Å². The predicted octanol–water partition coefficient (Wildman–Crippen LogP) is 1.23. The molecule has 6 heteroatoms. The van der Waals surface area contributed by atoms with Crippen molar-refractivity contribution in [2.45, 2.75) is 6.42 Å². The van der Waals surface area contributed by atoms with E-state index in [2.05, 4.69) is 19.7 Å².